The van der Waals surface area contributed by atoms with Crippen LogP contribution in [0.3, 0.4) is 0 Å². The molecule has 1 fully saturated rings. The molecule has 1 N–H and O–H groups in total. The predicted octanol–water partition coefficient (Wildman–Crippen LogP) is 6.00. The van der Waals surface area contributed by atoms with E-state index in [0.717, 1.165) is 31.2 Å². The van der Waals surface area contributed by atoms with Crippen LogP contribution in [-0.4, -0.2) is 28.6 Å². The normalized spacial score (nSPS) is 19.5. The first-order valence-corrected chi connectivity index (χ1v) is 11.8. The van der Waals surface area contributed by atoms with Gasteiger partial charge >= 0.3 is 0 Å². The molecule has 31 heavy (non-hydrogen) atoms. The average Bonchev–Trinajstić information content (AvgIpc) is 2.77. The number of hydrogen-bond donors (Lipinski definition) is 1. The number of amides is 2. The summed E-state index contributed by atoms with van der Waals surface area (Å²) in [5, 5.41) is 4.26. The number of hydrogen-bond acceptors (Lipinski definition) is 2. The first kappa shape index (κ1) is 23.9. The summed E-state index contributed by atoms with van der Waals surface area (Å²) in [6, 6.07) is 13.5. The van der Waals surface area contributed by atoms with Crippen molar-refractivity contribution in [1.29, 1.82) is 0 Å². The number of nitrogens with zero attached hydrogens (tertiary/aromatic N) is 1. The SMILES string of the molecule is CC1CCC(NC(=O)C(c2ccc(Cl)cc2)N(Cc2ccccc2Cl)C(=O)CCl)CC1. The molecule has 2 aromatic carbocycles. The Morgan fingerprint density at radius 3 is 2.29 bits per heavy atom. The van der Waals surface area contributed by atoms with Crippen LogP contribution in [0.4, 0.5) is 0 Å². The summed E-state index contributed by atoms with van der Waals surface area (Å²) in [6.07, 6.45) is 4.05. The van der Waals surface area contributed by atoms with E-state index in [1.165, 1.54) is 4.90 Å². The van der Waals surface area contributed by atoms with Crippen LogP contribution in [0.5, 0.6) is 0 Å². The van der Waals surface area contributed by atoms with Crippen LogP contribution in [0.2, 0.25) is 10.0 Å². The molecule has 0 radical (unpaired) electrons. The molecule has 0 saturated heterocycles. The van der Waals surface area contributed by atoms with Crippen molar-refractivity contribution >= 4 is 46.6 Å². The Morgan fingerprint density at radius 1 is 1.03 bits per heavy atom. The number of benzene rings is 2. The fraction of sp³-hybridized carbons (Fsp3) is 0.417. The molecule has 4 nitrogen and oxygen atoms in total. The Kier molecular flexibility index (Phi) is 8.65. The van der Waals surface area contributed by atoms with Gasteiger partial charge in [-0.25, -0.2) is 0 Å². The molecular weight excluding hydrogens is 455 g/mol. The van der Waals surface area contributed by atoms with Gasteiger partial charge in [-0.2, -0.15) is 0 Å². The van der Waals surface area contributed by atoms with E-state index in [4.69, 9.17) is 34.8 Å². The van der Waals surface area contributed by atoms with Crippen LogP contribution < -0.4 is 5.32 Å². The summed E-state index contributed by atoms with van der Waals surface area (Å²) >= 11 is 18.4. The molecular formula is C24H27Cl3N2O2. The molecule has 0 heterocycles. The van der Waals surface area contributed by atoms with Crippen LogP contribution in [0.15, 0.2) is 48.5 Å². The maximum atomic E-state index is 13.5. The summed E-state index contributed by atoms with van der Waals surface area (Å²) < 4.78 is 0. The Morgan fingerprint density at radius 2 is 1.68 bits per heavy atom. The van der Waals surface area contributed by atoms with Gasteiger partial charge in [0, 0.05) is 22.6 Å². The second kappa shape index (κ2) is 11.2. The van der Waals surface area contributed by atoms with Crippen LogP contribution in [0, 0.1) is 5.92 Å². The van der Waals surface area contributed by atoms with Gasteiger partial charge in [-0.15, -0.1) is 11.6 Å². The second-order valence-electron chi connectivity index (χ2n) is 8.17. The average molecular weight is 482 g/mol. The van der Waals surface area contributed by atoms with Crippen LogP contribution in [-0.2, 0) is 16.1 Å². The highest BCUT2D eigenvalue weighted by molar-refractivity contribution is 6.31. The first-order chi connectivity index (χ1) is 14.9. The Labute approximate surface area is 198 Å². The monoisotopic (exact) mass is 480 g/mol. The maximum absolute atomic E-state index is 13.5. The molecule has 0 aliphatic heterocycles. The maximum Gasteiger partial charge on any atom is 0.247 e. The third kappa shape index (κ3) is 6.38. The summed E-state index contributed by atoms with van der Waals surface area (Å²) in [7, 11) is 0. The number of halogens is 3. The van der Waals surface area contributed by atoms with E-state index in [2.05, 4.69) is 12.2 Å². The molecule has 2 amide bonds. The molecule has 7 heteroatoms. The van der Waals surface area contributed by atoms with Gasteiger partial charge in [0.05, 0.1) is 0 Å². The minimum atomic E-state index is -0.834. The summed E-state index contributed by atoms with van der Waals surface area (Å²) in [4.78, 5) is 27.9. The van der Waals surface area contributed by atoms with Crippen LogP contribution >= 0.6 is 34.8 Å². The highest BCUT2D eigenvalue weighted by Crippen LogP contribution is 2.29. The van der Waals surface area contributed by atoms with E-state index >= 15 is 0 Å². The van der Waals surface area contributed by atoms with Crippen molar-refractivity contribution in [3.05, 3.63) is 69.7 Å². The molecule has 1 aliphatic rings. The second-order valence-corrected chi connectivity index (χ2v) is 9.28. The molecule has 0 bridgehead atoms. The number of alkyl halides is 1. The molecule has 2 aromatic rings. The van der Waals surface area contributed by atoms with Crippen molar-refractivity contribution < 1.29 is 9.59 Å². The summed E-state index contributed by atoms with van der Waals surface area (Å²) in [6.45, 7) is 2.41. The lowest BCUT2D eigenvalue weighted by Crippen LogP contribution is -2.47. The van der Waals surface area contributed by atoms with Crippen molar-refractivity contribution in [3.63, 3.8) is 0 Å². The number of nitrogens with one attached hydrogen (secondary N) is 1. The van der Waals surface area contributed by atoms with Crippen molar-refractivity contribution in [2.45, 2.75) is 51.2 Å². The van der Waals surface area contributed by atoms with Crippen molar-refractivity contribution in [2.75, 3.05) is 5.88 Å². The zero-order valence-electron chi connectivity index (χ0n) is 17.5. The predicted molar refractivity (Wildman–Crippen MR) is 126 cm³/mol. The minimum Gasteiger partial charge on any atom is -0.351 e. The first-order valence-electron chi connectivity index (χ1n) is 10.5. The third-order valence-electron chi connectivity index (χ3n) is 5.84. The largest absolute Gasteiger partial charge is 0.351 e. The molecule has 3 rings (SSSR count). The third-order valence-corrected chi connectivity index (χ3v) is 6.69. The zero-order chi connectivity index (χ0) is 22.4. The lowest BCUT2D eigenvalue weighted by molar-refractivity contribution is -0.140. The highest BCUT2D eigenvalue weighted by atomic mass is 35.5. The van der Waals surface area contributed by atoms with Crippen LogP contribution in [0.1, 0.15) is 49.8 Å². The molecule has 0 spiro atoms. The fourth-order valence-electron chi connectivity index (χ4n) is 4.01. The minimum absolute atomic E-state index is 0.103. The smallest absolute Gasteiger partial charge is 0.247 e. The molecule has 1 unspecified atom stereocenters. The zero-order valence-corrected chi connectivity index (χ0v) is 19.8. The van der Waals surface area contributed by atoms with E-state index in [9.17, 15) is 9.59 Å². The molecule has 1 aliphatic carbocycles. The lowest BCUT2D eigenvalue weighted by atomic mass is 9.87. The van der Waals surface area contributed by atoms with Gasteiger partial charge in [-0.1, -0.05) is 60.5 Å². The van der Waals surface area contributed by atoms with Crippen LogP contribution in [0.25, 0.3) is 0 Å². The van der Waals surface area contributed by atoms with Crippen molar-refractivity contribution in [1.82, 2.24) is 10.2 Å². The van der Waals surface area contributed by atoms with Crippen molar-refractivity contribution in [2.24, 2.45) is 5.92 Å². The molecule has 1 atom stereocenters. The Hall–Kier alpha value is -1.75. The van der Waals surface area contributed by atoms with Gasteiger partial charge in [0.15, 0.2) is 0 Å². The van der Waals surface area contributed by atoms with Gasteiger partial charge < -0.3 is 10.2 Å². The summed E-state index contributed by atoms with van der Waals surface area (Å²) in [5.74, 6) is -0.112. The molecule has 166 valence electrons. The quantitative estimate of drug-likeness (QED) is 0.493. The van der Waals surface area contributed by atoms with E-state index in [1.807, 2.05) is 18.2 Å². The number of rotatable bonds is 7. The van der Waals surface area contributed by atoms with Gasteiger partial charge in [0.1, 0.15) is 11.9 Å². The van der Waals surface area contributed by atoms with Gasteiger partial charge in [0.25, 0.3) is 0 Å². The number of carbonyl (C=O) groups excluding carboxylic acids is 2. The molecule has 0 aromatic heterocycles. The lowest BCUT2D eigenvalue weighted by Gasteiger charge is -2.34. The van der Waals surface area contributed by atoms with Gasteiger partial charge in [-0.05, 0) is 60.9 Å². The Bertz CT molecular complexity index is 896. The Balaban J connectivity index is 1.93. The van der Waals surface area contributed by atoms with E-state index in [-0.39, 0.29) is 30.3 Å². The fourth-order valence-corrected chi connectivity index (χ4v) is 4.49. The van der Waals surface area contributed by atoms with Gasteiger partial charge in [-0.3, -0.25) is 9.59 Å². The topological polar surface area (TPSA) is 49.4 Å². The summed E-state index contributed by atoms with van der Waals surface area (Å²) in [5.41, 5.74) is 1.43. The number of carbonyl (C=O) groups is 2. The highest BCUT2D eigenvalue weighted by Gasteiger charge is 2.33. The molecule has 1 saturated carbocycles. The van der Waals surface area contributed by atoms with E-state index in [1.54, 1.807) is 30.3 Å². The van der Waals surface area contributed by atoms with Gasteiger partial charge in [0.2, 0.25) is 11.8 Å². The van der Waals surface area contributed by atoms with E-state index in [0.29, 0.717) is 21.5 Å². The van der Waals surface area contributed by atoms with Crippen molar-refractivity contribution in [3.8, 4) is 0 Å². The van der Waals surface area contributed by atoms with E-state index < -0.39 is 6.04 Å². The standard InChI is InChI=1S/C24H27Cl3N2O2/c1-16-6-12-20(13-7-16)28-24(31)23(17-8-10-19(26)11-9-17)29(22(30)14-25)15-18-4-2-3-5-21(18)27/h2-5,8-11,16,20,23H,6-7,12-15H2,1H3,(H,28,31).